The number of phenols is 3. The Morgan fingerprint density at radius 2 is 1.73 bits per heavy atom. The van der Waals surface area contributed by atoms with E-state index in [1.807, 2.05) is 0 Å². The van der Waals surface area contributed by atoms with E-state index in [9.17, 15) is 35.4 Å². The van der Waals surface area contributed by atoms with E-state index in [-0.39, 0.29) is 28.4 Å². The van der Waals surface area contributed by atoms with Crippen molar-refractivity contribution in [3.63, 3.8) is 0 Å². The van der Waals surface area contributed by atoms with Gasteiger partial charge in [0.2, 0.25) is 23.2 Å². The number of aromatic hydroxyl groups is 4. The highest BCUT2D eigenvalue weighted by atomic mass is 16.7. The quantitative estimate of drug-likeness (QED) is 0.269. The number of hydrogen-bond donors (Lipinski definition) is 7. The zero-order valence-corrected chi connectivity index (χ0v) is 17.0. The summed E-state index contributed by atoms with van der Waals surface area (Å²) in [7, 11) is 1.17. The fraction of sp³-hybridized carbons (Fsp3) is 0.286. The Kier molecular flexibility index (Phi) is 5.68. The molecule has 2 heterocycles. The molecule has 0 saturated carbocycles. The van der Waals surface area contributed by atoms with Crippen LogP contribution in [-0.2, 0) is 4.74 Å². The van der Waals surface area contributed by atoms with Gasteiger partial charge in [-0.15, -0.1) is 0 Å². The van der Waals surface area contributed by atoms with E-state index in [0.717, 1.165) is 12.1 Å². The van der Waals surface area contributed by atoms with Gasteiger partial charge in [-0.2, -0.15) is 0 Å². The van der Waals surface area contributed by atoms with Crippen LogP contribution in [0.15, 0.2) is 33.5 Å². The average molecular weight is 464 g/mol. The first-order chi connectivity index (χ1) is 15.7. The third kappa shape index (κ3) is 3.64. The lowest BCUT2D eigenvalue weighted by atomic mass is 10.1. The second-order valence-electron chi connectivity index (χ2n) is 7.27. The number of hydrogen-bond acceptors (Lipinski definition) is 12. The Labute approximate surface area is 184 Å². The summed E-state index contributed by atoms with van der Waals surface area (Å²) in [5.74, 6) is -3.50. The second kappa shape index (κ2) is 8.33. The Balaban J connectivity index is 1.72. The Hall–Kier alpha value is -3.71. The van der Waals surface area contributed by atoms with Gasteiger partial charge in [0.15, 0.2) is 28.8 Å². The van der Waals surface area contributed by atoms with Gasteiger partial charge in [0, 0.05) is 11.6 Å². The van der Waals surface area contributed by atoms with E-state index in [1.165, 1.54) is 19.2 Å². The van der Waals surface area contributed by atoms with Crippen LogP contribution in [0.2, 0.25) is 0 Å². The first-order valence-corrected chi connectivity index (χ1v) is 9.59. The summed E-state index contributed by atoms with van der Waals surface area (Å²) >= 11 is 0. The summed E-state index contributed by atoms with van der Waals surface area (Å²) in [6, 6.07) is 4.65. The minimum Gasteiger partial charge on any atom is -0.504 e. The van der Waals surface area contributed by atoms with Crippen LogP contribution >= 0.6 is 0 Å². The molecular formula is C21H20O12. The van der Waals surface area contributed by atoms with Crippen molar-refractivity contribution in [3.8, 4) is 45.8 Å². The van der Waals surface area contributed by atoms with Crippen molar-refractivity contribution in [1.29, 1.82) is 0 Å². The normalized spacial score (nSPS) is 22.5. The predicted octanol–water partition coefficient (Wildman–Crippen LogP) is 0.109. The lowest BCUT2D eigenvalue weighted by Gasteiger charge is -2.18. The number of aliphatic hydroxyl groups is 3. The van der Waals surface area contributed by atoms with Crippen LogP contribution in [0.4, 0.5) is 0 Å². The summed E-state index contributed by atoms with van der Waals surface area (Å²) in [6.45, 7) is -0.555. The minimum absolute atomic E-state index is 0.0345. The van der Waals surface area contributed by atoms with Gasteiger partial charge >= 0.3 is 0 Å². The van der Waals surface area contributed by atoms with Crippen molar-refractivity contribution in [2.24, 2.45) is 0 Å². The third-order valence-corrected chi connectivity index (χ3v) is 5.23. The number of phenolic OH excluding ortho intramolecular Hbond substituents is 3. The zero-order chi connectivity index (χ0) is 24.0. The lowest BCUT2D eigenvalue weighted by Crippen LogP contribution is -2.35. The molecule has 4 rings (SSSR count). The van der Waals surface area contributed by atoms with Crippen molar-refractivity contribution in [2.75, 3.05) is 13.7 Å². The van der Waals surface area contributed by atoms with E-state index >= 15 is 0 Å². The largest absolute Gasteiger partial charge is 0.504 e. The van der Waals surface area contributed by atoms with Crippen LogP contribution in [0.25, 0.3) is 22.3 Å². The van der Waals surface area contributed by atoms with Gasteiger partial charge in [-0.05, 0) is 18.2 Å². The molecular weight excluding hydrogens is 444 g/mol. The molecule has 176 valence electrons. The summed E-state index contributed by atoms with van der Waals surface area (Å²) in [5, 5.41) is 69.4. The number of aliphatic hydroxyl groups excluding tert-OH is 3. The third-order valence-electron chi connectivity index (χ3n) is 5.23. The summed E-state index contributed by atoms with van der Waals surface area (Å²) in [6.07, 6.45) is -5.32. The topological polar surface area (TPSA) is 200 Å². The van der Waals surface area contributed by atoms with Crippen molar-refractivity contribution in [2.45, 2.75) is 24.6 Å². The molecule has 0 spiro atoms. The van der Waals surface area contributed by atoms with Crippen molar-refractivity contribution >= 4 is 11.0 Å². The van der Waals surface area contributed by atoms with Crippen LogP contribution in [0.3, 0.4) is 0 Å². The summed E-state index contributed by atoms with van der Waals surface area (Å²) in [5.41, 5.74) is -1.23. The van der Waals surface area contributed by atoms with E-state index < -0.39 is 65.0 Å². The van der Waals surface area contributed by atoms with Gasteiger partial charge in [0.05, 0.1) is 13.7 Å². The van der Waals surface area contributed by atoms with Gasteiger partial charge in [0.25, 0.3) is 0 Å². The molecule has 12 heteroatoms. The van der Waals surface area contributed by atoms with Crippen LogP contribution in [0, 0.1) is 0 Å². The van der Waals surface area contributed by atoms with Crippen LogP contribution in [-0.4, -0.2) is 74.1 Å². The molecule has 0 radical (unpaired) electrons. The molecule has 33 heavy (non-hydrogen) atoms. The maximum atomic E-state index is 12.6. The van der Waals surface area contributed by atoms with Gasteiger partial charge in [-0.1, -0.05) is 0 Å². The number of ether oxygens (including phenoxy) is 3. The molecule has 3 aromatic rings. The number of fused-ring (bicyclic) bond motifs is 1. The fourth-order valence-corrected chi connectivity index (χ4v) is 3.54. The highest BCUT2D eigenvalue weighted by Gasteiger charge is 2.44. The molecule has 0 bridgehead atoms. The van der Waals surface area contributed by atoms with Gasteiger partial charge in [-0.25, -0.2) is 0 Å². The van der Waals surface area contributed by atoms with Gasteiger partial charge in [-0.3, -0.25) is 4.79 Å². The highest BCUT2D eigenvalue weighted by molar-refractivity contribution is 5.91. The Morgan fingerprint density at radius 3 is 2.33 bits per heavy atom. The predicted molar refractivity (Wildman–Crippen MR) is 110 cm³/mol. The maximum Gasteiger partial charge on any atom is 0.238 e. The van der Waals surface area contributed by atoms with E-state index in [2.05, 4.69) is 0 Å². The van der Waals surface area contributed by atoms with Crippen molar-refractivity contribution in [1.82, 2.24) is 0 Å². The first-order valence-electron chi connectivity index (χ1n) is 9.59. The lowest BCUT2D eigenvalue weighted by molar-refractivity contribution is -0.117. The molecule has 12 nitrogen and oxygen atoms in total. The SMILES string of the molecule is COc1c(O)cc2oc(-c3ccc(O[C@@H]4O[C@H](CO)[C@H](O)[C@H]4O)c(O)c3)c(O)c(=O)c2c1O. The zero-order valence-electron chi connectivity index (χ0n) is 17.0. The minimum atomic E-state index is -1.49. The maximum absolute atomic E-state index is 12.6. The van der Waals surface area contributed by atoms with Crippen molar-refractivity contribution < 1.29 is 54.4 Å². The number of rotatable bonds is 5. The molecule has 0 aliphatic carbocycles. The summed E-state index contributed by atoms with van der Waals surface area (Å²) < 4.78 is 20.9. The average Bonchev–Trinajstić information content (AvgIpc) is 3.05. The van der Waals surface area contributed by atoms with Crippen molar-refractivity contribution in [3.05, 3.63) is 34.5 Å². The molecule has 1 fully saturated rings. The van der Waals surface area contributed by atoms with Crippen LogP contribution in [0.1, 0.15) is 0 Å². The number of benzene rings is 2. The van der Waals surface area contributed by atoms with Gasteiger partial charge in [0.1, 0.15) is 29.3 Å². The van der Waals surface area contributed by atoms with E-state index in [0.29, 0.717) is 0 Å². The molecule has 2 aromatic carbocycles. The first kappa shape index (κ1) is 22.5. The molecule has 7 N–H and O–H groups in total. The standard InChI is InChI=1S/C21H20O12/c1-30-20-9(24)5-11-13(16(20)27)15(26)17(28)19(31-11)7-2-3-10(8(23)4-7)32-21-18(29)14(25)12(6-22)33-21/h2-5,12,14,18,21-25,27-29H,6H2,1H3/t12-,14+,18-,21-/m1/s1. The monoisotopic (exact) mass is 464 g/mol. The van der Waals surface area contributed by atoms with E-state index in [1.54, 1.807) is 0 Å². The fourth-order valence-electron chi connectivity index (χ4n) is 3.54. The van der Waals surface area contributed by atoms with Gasteiger partial charge < -0.3 is 54.4 Å². The molecule has 0 amide bonds. The molecule has 1 aromatic heterocycles. The summed E-state index contributed by atoms with van der Waals surface area (Å²) in [4.78, 5) is 12.6. The Bertz CT molecular complexity index is 1270. The smallest absolute Gasteiger partial charge is 0.238 e. The molecule has 1 saturated heterocycles. The molecule has 1 aliphatic heterocycles. The van der Waals surface area contributed by atoms with Crippen LogP contribution in [0.5, 0.6) is 34.5 Å². The second-order valence-corrected chi connectivity index (χ2v) is 7.27. The van der Waals surface area contributed by atoms with E-state index in [4.69, 9.17) is 23.7 Å². The molecule has 1 aliphatic rings. The molecule has 4 atom stereocenters. The van der Waals surface area contributed by atoms with Crippen LogP contribution < -0.4 is 14.9 Å². The number of methoxy groups -OCH3 is 1. The highest BCUT2D eigenvalue weighted by Crippen LogP contribution is 2.43. The Morgan fingerprint density at radius 1 is 1.00 bits per heavy atom. The molecule has 0 unspecified atom stereocenters.